The second-order valence-corrected chi connectivity index (χ2v) is 5.79. The van der Waals surface area contributed by atoms with Crippen LogP contribution in [-0.4, -0.2) is 26.8 Å². The molecular formula is C9H20N2O2S. The minimum atomic E-state index is -3.07. The first-order valence-corrected chi connectivity index (χ1v) is 6.99. The normalized spacial score (nSPS) is 19.8. The highest BCUT2D eigenvalue weighted by Crippen LogP contribution is 2.18. The summed E-state index contributed by atoms with van der Waals surface area (Å²) in [6.45, 7) is 0.436. The highest BCUT2D eigenvalue weighted by atomic mass is 32.2. The van der Waals surface area contributed by atoms with Gasteiger partial charge >= 0.3 is 0 Å². The van der Waals surface area contributed by atoms with Crippen molar-refractivity contribution in [3.63, 3.8) is 0 Å². The number of rotatable bonds is 5. The average Bonchev–Trinajstić information content (AvgIpc) is 2.16. The van der Waals surface area contributed by atoms with Crippen LogP contribution < -0.4 is 10.5 Å². The fourth-order valence-corrected chi connectivity index (χ4v) is 3.21. The second kappa shape index (κ2) is 5.68. The molecule has 1 saturated carbocycles. The van der Waals surface area contributed by atoms with Gasteiger partial charge in [-0.25, -0.2) is 13.1 Å². The van der Waals surface area contributed by atoms with E-state index in [0.717, 1.165) is 25.7 Å². The van der Waals surface area contributed by atoms with Gasteiger partial charge in [0.1, 0.15) is 0 Å². The summed E-state index contributed by atoms with van der Waals surface area (Å²) in [5, 5.41) is 0. The first kappa shape index (κ1) is 11.9. The molecule has 5 heteroatoms. The number of hydrogen-bond acceptors (Lipinski definition) is 3. The molecular weight excluding hydrogens is 200 g/mol. The zero-order chi connectivity index (χ0) is 10.4. The Morgan fingerprint density at radius 3 is 2.43 bits per heavy atom. The minimum absolute atomic E-state index is 0.167. The van der Waals surface area contributed by atoms with Crippen molar-refractivity contribution < 1.29 is 8.42 Å². The maximum atomic E-state index is 11.5. The maximum absolute atomic E-state index is 11.5. The van der Waals surface area contributed by atoms with Gasteiger partial charge in [0.15, 0.2) is 0 Å². The number of nitrogens with two attached hydrogens (primary N) is 1. The molecule has 0 radical (unpaired) electrons. The van der Waals surface area contributed by atoms with Crippen molar-refractivity contribution in [2.24, 2.45) is 5.73 Å². The Labute approximate surface area is 86.3 Å². The second-order valence-electron chi connectivity index (χ2n) is 3.91. The molecule has 1 fully saturated rings. The fourth-order valence-electron chi connectivity index (χ4n) is 1.81. The summed E-state index contributed by atoms with van der Waals surface area (Å²) in [6.07, 6.45) is 6.04. The van der Waals surface area contributed by atoms with Crippen LogP contribution in [0.25, 0.3) is 0 Å². The summed E-state index contributed by atoms with van der Waals surface area (Å²) in [4.78, 5) is 0. The Balaban J connectivity index is 2.33. The molecule has 1 rings (SSSR count). The monoisotopic (exact) mass is 220 g/mol. The molecule has 3 N–H and O–H groups in total. The lowest BCUT2D eigenvalue weighted by Crippen LogP contribution is -2.37. The van der Waals surface area contributed by atoms with E-state index in [1.165, 1.54) is 6.42 Å². The van der Waals surface area contributed by atoms with Crippen LogP contribution in [0.4, 0.5) is 0 Å². The van der Waals surface area contributed by atoms with Gasteiger partial charge in [0.2, 0.25) is 10.0 Å². The third-order valence-electron chi connectivity index (χ3n) is 2.57. The van der Waals surface area contributed by atoms with Crippen molar-refractivity contribution in [1.82, 2.24) is 4.72 Å². The summed E-state index contributed by atoms with van der Waals surface area (Å²) < 4.78 is 25.7. The molecule has 0 aliphatic heterocycles. The van der Waals surface area contributed by atoms with E-state index in [9.17, 15) is 8.42 Å². The smallest absolute Gasteiger partial charge is 0.211 e. The van der Waals surface area contributed by atoms with E-state index in [0.29, 0.717) is 13.0 Å². The van der Waals surface area contributed by atoms with Crippen LogP contribution in [0.3, 0.4) is 0 Å². The molecule has 0 aromatic heterocycles. The van der Waals surface area contributed by atoms with Crippen LogP contribution in [0, 0.1) is 0 Å². The molecule has 0 aromatic rings. The number of hydrogen-bond donors (Lipinski definition) is 2. The Morgan fingerprint density at radius 1 is 1.21 bits per heavy atom. The van der Waals surface area contributed by atoms with Gasteiger partial charge in [0.25, 0.3) is 0 Å². The Kier molecular flexibility index (Phi) is 4.84. The molecule has 0 saturated heterocycles. The van der Waals surface area contributed by atoms with E-state index in [-0.39, 0.29) is 11.8 Å². The number of nitrogens with one attached hydrogen (secondary N) is 1. The van der Waals surface area contributed by atoms with E-state index >= 15 is 0 Å². The highest BCUT2D eigenvalue weighted by molar-refractivity contribution is 7.89. The summed E-state index contributed by atoms with van der Waals surface area (Å²) in [6, 6.07) is 0.173. The van der Waals surface area contributed by atoms with Gasteiger partial charge in [-0.1, -0.05) is 19.3 Å². The fraction of sp³-hybridized carbons (Fsp3) is 1.00. The predicted molar refractivity (Wildman–Crippen MR) is 57.5 cm³/mol. The van der Waals surface area contributed by atoms with Crippen LogP contribution >= 0.6 is 0 Å². The molecule has 0 aromatic carbocycles. The molecule has 0 spiro atoms. The molecule has 1 aliphatic rings. The van der Waals surface area contributed by atoms with E-state index in [1.54, 1.807) is 0 Å². The van der Waals surface area contributed by atoms with Crippen molar-refractivity contribution in [1.29, 1.82) is 0 Å². The van der Waals surface area contributed by atoms with E-state index in [2.05, 4.69) is 4.72 Å². The van der Waals surface area contributed by atoms with Gasteiger partial charge < -0.3 is 5.73 Å². The summed E-state index contributed by atoms with van der Waals surface area (Å²) >= 11 is 0. The zero-order valence-electron chi connectivity index (χ0n) is 8.54. The Morgan fingerprint density at radius 2 is 1.86 bits per heavy atom. The lowest BCUT2D eigenvalue weighted by molar-refractivity contribution is 0.412. The Hall–Kier alpha value is -0.130. The molecule has 0 amide bonds. The zero-order valence-corrected chi connectivity index (χ0v) is 9.35. The molecule has 1 aliphatic carbocycles. The largest absolute Gasteiger partial charge is 0.330 e. The first-order chi connectivity index (χ1) is 6.64. The van der Waals surface area contributed by atoms with Gasteiger partial charge in [-0.3, -0.25) is 0 Å². The lowest BCUT2D eigenvalue weighted by Gasteiger charge is -2.22. The standard InChI is InChI=1S/C9H20N2O2S/c10-7-4-8-14(12,13)11-9-5-2-1-3-6-9/h9,11H,1-8,10H2. The third-order valence-corrected chi connectivity index (χ3v) is 4.09. The molecule has 84 valence electrons. The molecule has 0 bridgehead atoms. The Bertz CT molecular complexity index is 246. The topological polar surface area (TPSA) is 72.2 Å². The lowest BCUT2D eigenvalue weighted by atomic mass is 9.96. The molecule has 4 nitrogen and oxygen atoms in total. The quantitative estimate of drug-likeness (QED) is 0.712. The summed E-state index contributed by atoms with van der Waals surface area (Å²) in [5.41, 5.74) is 5.28. The van der Waals surface area contributed by atoms with Gasteiger partial charge in [-0.15, -0.1) is 0 Å². The average molecular weight is 220 g/mol. The molecule has 0 atom stereocenters. The predicted octanol–water partition coefficient (Wildman–Crippen LogP) is 0.587. The molecule has 0 unspecified atom stereocenters. The van der Waals surface area contributed by atoms with Crippen LogP contribution in [0.15, 0.2) is 0 Å². The SMILES string of the molecule is NCCCS(=O)(=O)NC1CCCCC1. The van der Waals surface area contributed by atoms with Crippen LogP contribution in [-0.2, 0) is 10.0 Å². The number of sulfonamides is 1. The van der Waals surface area contributed by atoms with Crippen molar-refractivity contribution in [3.05, 3.63) is 0 Å². The van der Waals surface area contributed by atoms with E-state index < -0.39 is 10.0 Å². The van der Waals surface area contributed by atoms with Gasteiger partial charge in [-0.2, -0.15) is 0 Å². The van der Waals surface area contributed by atoms with E-state index in [1.807, 2.05) is 0 Å². The van der Waals surface area contributed by atoms with Gasteiger partial charge in [-0.05, 0) is 25.8 Å². The molecule has 0 heterocycles. The van der Waals surface area contributed by atoms with Crippen molar-refractivity contribution in [2.45, 2.75) is 44.6 Å². The van der Waals surface area contributed by atoms with Crippen LogP contribution in [0.1, 0.15) is 38.5 Å². The van der Waals surface area contributed by atoms with Gasteiger partial charge in [0.05, 0.1) is 5.75 Å². The van der Waals surface area contributed by atoms with Gasteiger partial charge in [0, 0.05) is 6.04 Å². The van der Waals surface area contributed by atoms with Crippen molar-refractivity contribution >= 4 is 10.0 Å². The van der Waals surface area contributed by atoms with Crippen LogP contribution in [0.2, 0.25) is 0 Å². The maximum Gasteiger partial charge on any atom is 0.211 e. The first-order valence-electron chi connectivity index (χ1n) is 5.34. The summed E-state index contributed by atoms with van der Waals surface area (Å²) in [5.74, 6) is 0.167. The van der Waals surface area contributed by atoms with Crippen molar-refractivity contribution in [2.75, 3.05) is 12.3 Å². The van der Waals surface area contributed by atoms with E-state index in [4.69, 9.17) is 5.73 Å². The minimum Gasteiger partial charge on any atom is -0.330 e. The summed E-state index contributed by atoms with van der Waals surface area (Å²) in [7, 11) is -3.07. The highest BCUT2D eigenvalue weighted by Gasteiger charge is 2.19. The van der Waals surface area contributed by atoms with Crippen LogP contribution in [0.5, 0.6) is 0 Å². The molecule has 14 heavy (non-hydrogen) atoms. The van der Waals surface area contributed by atoms with Crippen molar-refractivity contribution in [3.8, 4) is 0 Å². The third kappa shape index (κ3) is 4.39.